The molecule has 2 aromatic carbocycles. The van der Waals surface area contributed by atoms with Gasteiger partial charge in [-0.25, -0.2) is 8.42 Å². The topological polar surface area (TPSA) is 66.5 Å². The van der Waals surface area contributed by atoms with E-state index in [9.17, 15) is 13.2 Å². The number of thioether (sulfide) groups is 1. The third-order valence-corrected chi connectivity index (χ3v) is 6.41. The van der Waals surface area contributed by atoms with Crippen molar-refractivity contribution in [2.45, 2.75) is 19.6 Å². The van der Waals surface area contributed by atoms with Crippen molar-refractivity contribution in [3.63, 3.8) is 0 Å². The van der Waals surface area contributed by atoms with Crippen LogP contribution in [0.4, 0.5) is 5.69 Å². The smallest absolute Gasteiger partial charge is 0.251 e. The SMILES string of the molecule is Cc1cccc(CSCCNC(=O)c2ccc(C)c(N(C)S(C)(=O)=O)c2)c1. The van der Waals surface area contributed by atoms with Crippen molar-refractivity contribution in [1.82, 2.24) is 5.32 Å². The summed E-state index contributed by atoms with van der Waals surface area (Å²) < 4.78 is 24.7. The molecule has 1 amide bonds. The number of sulfonamides is 1. The van der Waals surface area contributed by atoms with Gasteiger partial charge >= 0.3 is 0 Å². The molecule has 2 rings (SSSR count). The normalized spacial score (nSPS) is 11.3. The largest absolute Gasteiger partial charge is 0.351 e. The van der Waals surface area contributed by atoms with Gasteiger partial charge in [0, 0.05) is 30.7 Å². The number of aryl methyl sites for hydroxylation is 2. The maximum absolute atomic E-state index is 12.4. The van der Waals surface area contributed by atoms with Crippen LogP contribution in [0.1, 0.15) is 27.0 Å². The minimum atomic E-state index is -3.38. The third kappa shape index (κ3) is 6.29. The van der Waals surface area contributed by atoms with Crippen LogP contribution in [0, 0.1) is 13.8 Å². The van der Waals surface area contributed by atoms with Crippen LogP contribution in [-0.2, 0) is 15.8 Å². The first kappa shape index (κ1) is 21.3. The number of amides is 1. The molecule has 146 valence electrons. The van der Waals surface area contributed by atoms with Gasteiger partial charge in [0.2, 0.25) is 10.0 Å². The zero-order valence-electron chi connectivity index (χ0n) is 16.2. The highest BCUT2D eigenvalue weighted by Crippen LogP contribution is 2.22. The quantitative estimate of drug-likeness (QED) is 0.683. The second-order valence-corrected chi connectivity index (χ2v) is 9.65. The molecular formula is C20H26N2O3S2. The minimum absolute atomic E-state index is 0.200. The van der Waals surface area contributed by atoms with E-state index in [1.54, 1.807) is 30.0 Å². The summed E-state index contributed by atoms with van der Waals surface area (Å²) in [4.78, 5) is 12.4. The summed E-state index contributed by atoms with van der Waals surface area (Å²) in [5.41, 5.74) is 4.29. The molecule has 0 heterocycles. The van der Waals surface area contributed by atoms with E-state index >= 15 is 0 Å². The van der Waals surface area contributed by atoms with Gasteiger partial charge in [-0.05, 0) is 37.1 Å². The lowest BCUT2D eigenvalue weighted by molar-refractivity contribution is 0.0956. The molecule has 0 unspecified atom stereocenters. The molecule has 0 aliphatic rings. The maximum Gasteiger partial charge on any atom is 0.251 e. The lowest BCUT2D eigenvalue weighted by Crippen LogP contribution is -2.28. The summed E-state index contributed by atoms with van der Waals surface area (Å²) in [6.45, 7) is 4.45. The fourth-order valence-electron chi connectivity index (χ4n) is 2.60. The van der Waals surface area contributed by atoms with E-state index in [0.29, 0.717) is 17.8 Å². The van der Waals surface area contributed by atoms with Crippen LogP contribution in [0.25, 0.3) is 0 Å². The molecule has 7 heteroatoms. The van der Waals surface area contributed by atoms with Gasteiger partial charge < -0.3 is 5.32 Å². The van der Waals surface area contributed by atoms with E-state index in [1.807, 2.05) is 6.92 Å². The number of carbonyl (C=O) groups is 1. The lowest BCUT2D eigenvalue weighted by atomic mass is 10.1. The van der Waals surface area contributed by atoms with Gasteiger partial charge in [-0.15, -0.1) is 0 Å². The Morgan fingerprint density at radius 2 is 1.89 bits per heavy atom. The number of carbonyl (C=O) groups excluding carboxylic acids is 1. The first-order chi connectivity index (χ1) is 12.7. The van der Waals surface area contributed by atoms with Crippen molar-refractivity contribution in [1.29, 1.82) is 0 Å². The van der Waals surface area contributed by atoms with Gasteiger partial charge in [0.05, 0.1) is 11.9 Å². The van der Waals surface area contributed by atoms with Gasteiger partial charge in [0.1, 0.15) is 0 Å². The molecule has 0 atom stereocenters. The van der Waals surface area contributed by atoms with Gasteiger partial charge in [-0.2, -0.15) is 11.8 Å². The number of nitrogens with zero attached hydrogens (tertiary/aromatic N) is 1. The molecule has 5 nitrogen and oxygen atoms in total. The van der Waals surface area contributed by atoms with Crippen LogP contribution in [0.2, 0.25) is 0 Å². The highest BCUT2D eigenvalue weighted by atomic mass is 32.2. The summed E-state index contributed by atoms with van der Waals surface area (Å²) in [7, 11) is -1.89. The molecule has 0 aliphatic heterocycles. The van der Waals surface area contributed by atoms with Crippen LogP contribution in [-0.4, -0.2) is 39.9 Å². The van der Waals surface area contributed by atoms with Crippen molar-refractivity contribution < 1.29 is 13.2 Å². The second kappa shape index (κ2) is 9.28. The average Bonchev–Trinajstić information content (AvgIpc) is 2.60. The fourth-order valence-corrected chi connectivity index (χ4v) is 3.96. The Labute approximate surface area is 166 Å². The Balaban J connectivity index is 1.89. The molecule has 0 radical (unpaired) electrons. The van der Waals surface area contributed by atoms with E-state index in [4.69, 9.17) is 0 Å². The molecule has 0 fully saturated rings. The summed E-state index contributed by atoms with van der Waals surface area (Å²) in [6.07, 6.45) is 1.14. The standard InChI is InChI=1S/C20H26N2O3S2/c1-15-6-5-7-17(12-15)14-26-11-10-21-20(23)18-9-8-16(2)19(13-18)22(3)27(4,24)25/h5-9,12-13H,10-11,14H2,1-4H3,(H,21,23). The van der Waals surface area contributed by atoms with E-state index in [2.05, 4.69) is 36.5 Å². The van der Waals surface area contributed by atoms with Crippen LogP contribution < -0.4 is 9.62 Å². The van der Waals surface area contributed by atoms with Crippen LogP contribution in [0.3, 0.4) is 0 Å². The maximum atomic E-state index is 12.4. The van der Waals surface area contributed by atoms with Crippen molar-refractivity contribution in [2.75, 3.05) is 29.9 Å². The Morgan fingerprint density at radius 3 is 2.56 bits per heavy atom. The van der Waals surface area contributed by atoms with Gasteiger partial charge in [0.25, 0.3) is 5.91 Å². The summed E-state index contributed by atoms with van der Waals surface area (Å²) in [6, 6.07) is 13.5. The van der Waals surface area contributed by atoms with Crippen molar-refractivity contribution >= 4 is 33.4 Å². The molecular weight excluding hydrogens is 380 g/mol. The van der Waals surface area contributed by atoms with Gasteiger partial charge in [-0.3, -0.25) is 9.10 Å². The van der Waals surface area contributed by atoms with Crippen LogP contribution >= 0.6 is 11.8 Å². The van der Waals surface area contributed by atoms with Crippen molar-refractivity contribution in [3.05, 3.63) is 64.7 Å². The monoisotopic (exact) mass is 406 g/mol. The Morgan fingerprint density at radius 1 is 1.15 bits per heavy atom. The molecule has 0 bridgehead atoms. The predicted octanol–water partition coefficient (Wildman–Crippen LogP) is 3.36. The van der Waals surface area contributed by atoms with Gasteiger partial charge in [-0.1, -0.05) is 35.9 Å². The zero-order chi connectivity index (χ0) is 20.0. The Kier molecular flexibility index (Phi) is 7.33. The summed E-state index contributed by atoms with van der Waals surface area (Å²) in [5, 5.41) is 2.89. The molecule has 0 aliphatic carbocycles. The lowest BCUT2D eigenvalue weighted by Gasteiger charge is -2.19. The minimum Gasteiger partial charge on any atom is -0.351 e. The first-order valence-corrected chi connectivity index (χ1v) is 11.6. The van der Waals surface area contributed by atoms with E-state index < -0.39 is 10.0 Å². The van der Waals surface area contributed by atoms with Crippen molar-refractivity contribution in [2.24, 2.45) is 0 Å². The highest BCUT2D eigenvalue weighted by molar-refractivity contribution is 7.98. The molecule has 1 N–H and O–H groups in total. The van der Waals surface area contributed by atoms with E-state index in [0.717, 1.165) is 23.3 Å². The predicted molar refractivity (Wildman–Crippen MR) is 114 cm³/mol. The molecule has 0 saturated carbocycles. The molecule has 2 aromatic rings. The average molecular weight is 407 g/mol. The molecule has 0 spiro atoms. The van der Waals surface area contributed by atoms with Crippen LogP contribution in [0.15, 0.2) is 42.5 Å². The van der Waals surface area contributed by atoms with Gasteiger partial charge in [0.15, 0.2) is 0 Å². The van der Waals surface area contributed by atoms with Crippen LogP contribution in [0.5, 0.6) is 0 Å². The fraction of sp³-hybridized carbons (Fsp3) is 0.350. The van der Waals surface area contributed by atoms with E-state index in [1.165, 1.54) is 22.5 Å². The van der Waals surface area contributed by atoms with E-state index in [-0.39, 0.29) is 5.91 Å². The number of benzene rings is 2. The number of hydrogen-bond donors (Lipinski definition) is 1. The first-order valence-electron chi connectivity index (χ1n) is 8.64. The number of nitrogens with one attached hydrogen (secondary N) is 1. The van der Waals surface area contributed by atoms with Crippen molar-refractivity contribution in [3.8, 4) is 0 Å². The molecule has 0 aromatic heterocycles. The molecule has 0 saturated heterocycles. The summed E-state index contributed by atoms with van der Waals surface area (Å²) in [5.74, 6) is 1.52. The number of rotatable bonds is 8. The Hall–Kier alpha value is -1.99. The molecule has 27 heavy (non-hydrogen) atoms. The highest BCUT2D eigenvalue weighted by Gasteiger charge is 2.16. The second-order valence-electron chi connectivity index (χ2n) is 6.53. The number of hydrogen-bond acceptors (Lipinski definition) is 4. The third-order valence-electron chi connectivity index (χ3n) is 4.19. The zero-order valence-corrected chi connectivity index (χ0v) is 17.8. The summed E-state index contributed by atoms with van der Waals surface area (Å²) >= 11 is 1.76. The Bertz CT molecular complexity index is 911. The number of anilines is 1.